The van der Waals surface area contributed by atoms with Crippen LogP contribution < -0.4 is 0 Å². The van der Waals surface area contributed by atoms with Crippen LogP contribution in [0.5, 0.6) is 0 Å². The van der Waals surface area contributed by atoms with Gasteiger partial charge in [0.25, 0.3) is 0 Å². The Kier molecular flexibility index (Phi) is 4.53. The number of nitro groups is 1. The van der Waals surface area contributed by atoms with Crippen LogP contribution in [0.4, 0.5) is 5.82 Å². The van der Waals surface area contributed by atoms with Crippen molar-refractivity contribution in [2.45, 2.75) is 18.4 Å². The van der Waals surface area contributed by atoms with E-state index in [1.165, 1.54) is 34.8 Å². The Labute approximate surface area is 124 Å². The van der Waals surface area contributed by atoms with Gasteiger partial charge in [0.2, 0.25) is 0 Å². The van der Waals surface area contributed by atoms with Crippen LogP contribution >= 0.6 is 11.8 Å². The van der Waals surface area contributed by atoms with E-state index in [-0.39, 0.29) is 11.5 Å². The van der Waals surface area contributed by atoms with Crippen LogP contribution in [0.15, 0.2) is 29.4 Å². The zero-order valence-electron chi connectivity index (χ0n) is 11.1. The van der Waals surface area contributed by atoms with Crippen molar-refractivity contribution in [2.75, 3.05) is 5.75 Å². The van der Waals surface area contributed by atoms with Crippen LogP contribution in [-0.2, 0) is 6.54 Å². The molecule has 0 saturated carbocycles. The molecule has 0 bridgehead atoms. The standard InChI is InChI=1S/C12H12N4O4S/c1-8-14-7-11(16(19)20)15(8)4-5-21-9-2-3-13-10(6-9)12(17)18/h2-3,6-7H,4-5H2,1H3,(H,17,18). The van der Waals surface area contributed by atoms with Crippen molar-refractivity contribution in [3.63, 3.8) is 0 Å². The first-order chi connectivity index (χ1) is 9.99. The molecule has 110 valence electrons. The minimum absolute atomic E-state index is 0.0233. The number of thioether (sulfide) groups is 1. The largest absolute Gasteiger partial charge is 0.477 e. The summed E-state index contributed by atoms with van der Waals surface area (Å²) < 4.78 is 1.52. The lowest BCUT2D eigenvalue weighted by molar-refractivity contribution is -0.392. The topological polar surface area (TPSA) is 111 Å². The highest BCUT2D eigenvalue weighted by Gasteiger charge is 2.16. The predicted octanol–water partition coefficient (Wildman–Crippen LogP) is 1.99. The van der Waals surface area contributed by atoms with Gasteiger partial charge >= 0.3 is 11.8 Å². The average molecular weight is 308 g/mol. The maximum Gasteiger partial charge on any atom is 0.354 e. The summed E-state index contributed by atoms with van der Waals surface area (Å²) in [7, 11) is 0. The number of nitrogens with zero attached hydrogens (tertiary/aromatic N) is 4. The van der Waals surface area contributed by atoms with Crippen molar-refractivity contribution < 1.29 is 14.8 Å². The number of rotatable bonds is 6. The minimum Gasteiger partial charge on any atom is -0.477 e. The van der Waals surface area contributed by atoms with E-state index in [1.54, 1.807) is 13.0 Å². The molecule has 2 aromatic heterocycles. The molecule has 0 spiro atoms. The number of aromatic nitrogens is 3. The molecular formula is C12H12N4O4S. The molecular weight excluding hydrogens is 296 g/mol. The molecule has 0 radical (unpaired) electrons. The second kappa shape index (κ2) is 6.35. The Hall–Kier alpha value is -2.42. The summed E-state index contributed by atoms with van der Waals surface area (Å²) in [5.41, 5.74) is -0.0233. The van der Waals surface area contributed by atoms with Gasteiger partial charge in [0, 0.05) is 23.8 Å². The molecule has 2 rings (SSSR count). The van der Waals surface area contributed by atoms with E-state index in [0.717, 1.165) is 4.90 Å². The van der Waals surface area contributed by atoms with Crippen molar-refractivity contribution in [1.29, 1.82) is 0 Å². The summed E-state index contributed by atoms with van der Waals surface area (Å²) in [6, 6.07) is 3.18. The van der Waals surface area contributed by atoms with Crippen LogP contribution in [-0.4, -0.2) is 36.3 Å². The summed E-state index contributed by atoms with van der Waals surface area (Å²) in [6.07, 6.45) is 2.66. The lowest BCUT2D eigenvalue weighted by atomic mass is 10.3. The van der Waals surface area contributed by atoms with Gasteiger partial charge < -0.3 is 15.2 Å². The first-order valence-corrected chi connectivity index (χ1v) is 6.96. The van der Waals surface area contributed by atoms with Crippen LogP contribution in [0.1, 0.15) is 16.3 Å². The maximum absolute atomic E-state index is 10.9. The van der Waals surface area contributed by atoms with Gasteiger partial charge in [-0.15, -0.1) is 11.8 Å². The number of carboxylic acids is 1. The molecule has 2 heterocycles. The second-order valence-corrected chi connectivity index (χ2v) is 5.27. The number of hydrogen-bond acceptors (Lipinski definition) is 6. The molecule has 2 aromatic rings. The zero-order chi connectivity index (χ0) is 15.4. The van der Waals surface area contributed by atoms with Crippen molar-refractivity contribution in [3.8, 4) is 0 Å². The van der Waals surface area contributed by atoms with Crippen LogP contribution in [0, 0.1) is 17.0 Å². The van der Waals surface area contributed by atoms with Gasteiger partial charge in [-0.1, -0.05) is 0 Å². The van der Waals surface area contributed by atoms with E-state index in [4.69, 9.17) is 5.11 Å². The van der Waals surface area contributed by atoms with Gasteiger partial charge in [0.1, 0.15) is 18.4 Å². The predicted molar refractivity (Wildman–Crippen MR) is 75.5 cm³/mol. The van der Waals surface area contributed by atoms with E-state index in [9.17, 15) is 14.9 Å². The number of pyridine rings is 1. The molecule has 0 unspecified atom stereocenters. The Morgan fingerprint density at radius 2 is 2.29 bits per heavy atom. The Morgan fingerprint density at radius 3 is 2.95 bits per heavy atom. The number of imidazole rings is 1. The number of hydrogen-bond donors (Lipinski definition) is 1. The molecule has 1 N–H and O–H groups in total. The fourth-order valence-electron chi connectivity index (χ4n) is 1.75. The maximum atomic E-state index is 10.9. The number of aromatic carboxylic acids is 1. The van der Waals surface area contributed by atoms with Gasteiger partial charge in [-0.05, 0) is 17.1 Å². The minimum atomic E-state index is -1.08. The van der Waals surface area contributed by atoms with Crippen molar-refractivity contribution in [1.82, 2.24) is 14.5 Å². The SMILES string of the molecule is Cc1ncc([N+](=O)[O-])n1CCSc1ccnc(C(=O)O)c1. The van der Waals surface area contributed by atoms with Gasteiger partial charge in [0.05, 0.1) is 0 Å². The lowest BCUT2D eigenvalue weighted by Crippen LogP contribution is -2.07. The monoisotopic (exact) mass is 308 g/mol. The average Bonchev–Trinajstić information content (AvgIpc) is 2.81. The lowest BCUT2D eigenvalue weighted by Gasteiger charge is -2.04. The Bertz CT molecular complexity index is 686. The van der Waals surface area contributed by atoms with Gasteiger partial charge in [-0.25, -0.2) is 19.3 Å². The van der Waals surface area contributed by atoms with Gasteiger partial charge in [-0.2, -0.15) is 0 Å². The van der Waals surface area contributed by atoms with Crippen LogP contribution in [0.2, 0.25) is 0 Å². The fraction of sp³-hybridized carbons (Fsp3) is 0.250. The Morgan fingerprint density at radius 1 is 1.52 bits per heavy atom. The van der Waals surface area contributed by atoms with Gasteiger partial charge in [0.15, 0.2) is 5.82 Å². The van der Waals surface area contributed by atoms with E-state index < -0.39 is 10.9 Å². The van der Waals surface area contributed by atoms with E-state index >= 15 is 0 Å². The van der Waals surface area contributed by atoms with E-state index in [1.807, 2.05) is 0 Å². The highest BCUT2D eigenvalue weighted by molar-refractivity contribution is 7.99. The molecule has 0 amide bonds. The molecule has 0 aliphatic rings. The van der Waals surface area contributed by atoms with E-state index in [2.05, 4.69) is 9.97 Å². The van der Waals surface area contributed by atoms with Crippen molar-refractivity contribution in [2.24, 2.45) is 0 Å². The number of aryl methyl sites for hydroxylation is 1. The molecule has 9 heteroatoms. The number of carboxylic acid groups (broad SMARTS) is 1. The molecule has 0 aromatic carbocycles. The van der Waals surface area contributed by atoms with Gasteiger partial charge in [-0.3, -0.25) is 0 Å². The normalized spacial score (nSPS) is 10.5. The smallest absolute Gasteiger partial charge is 0.354 e. The third kappa shape index (κ3) is 3.57. The zero-order valence-corrected chi connectivity index (χ0v) is 11.9. The quantitative estimate of drug-likeness (QED) is 0.493. The molecule has 0 aliphatic carbocycles. The van der Waals surface area contributed by atoms with Crippen LogP contribution in [0.3, 0.4) is 0 Å². The summed E-state index contributed by atoms with van der Waals surface area (Å²) in [6.45, 7) is 2.12. The molecule has 0 fully saturated rings. The van der Waals surface area contributed by atoms with Crippen LogP contribution in [0.25, 0.3) is 0 Å². The summed E-state index contributed by atoms with van der Waals surface area (Å²) in [5.74, 6) is -0.00274. The number of carbonyl (C=O) groups is 1. The fourth-order valence-corrected chi connectivity index (χ4v) is 2.61. The highest BCUT2D eigenvalue weighted by Crippen LogP contribution is 2.20. The second-order valence-electron chi connectivity index (χ2n) is 4.10. The highest BCUT2D eigenvalue weighted by atomic mass is 32.2. The summed E-state index contributed by atoms with van der Waals surface area (Å²) in [5, 5.41) is 19.7. The first kappa shape index (κ1) is 15.0. The molecule has 21 heavy (non-hydrogen) atoms. The first-order valence-electron chi connectivity index (χ1n) is 5.97. The third-order valence-electron chi connectivity index (χ3n) is 2.76. The Balaban J connectivity index is 2.02. The summed E-state index contributed by atoms with van der Waals surface area (Å²) in [4.78, 5) is 29.6. The van der Waals surface area contributed by atoms with Crippen molar-refractivity contribution >= 4 is 23.5 Å². The van der Waals surface area contributed by atoms with Crippen molar-refractivity contribution in [3.05, 3.63) is 46.2 Å². The van der Waals surface area contributed by atoms with E-state index in [0.29, 0.717) is 18.1 Å². The molecule has 0 saturated heterocycles. The molecule has 0 atom stereocenters. The molecule has 8 nitrogen and oxygen atoms in total. The third-order valence-corrected chi connectivity index (χ3v) is 3.73. The summed E-state index contributed by atoms with van der Waals surface area (Å²) >= 11 is 1.40. The molecule has 0 aliphatic heterocycles.